The lowest BCUT2D eigenvalue weighted by molar-refractivity contribution is -0.160. The van der Waals surface area contributed by atoms with Crippen LogP contribution in [0, 0.1) is 0 Å². The van der Waals surface area contributed by atoms with Crippen LogP contribution in [0.2, 0.25) is 0 Å². The molecule has 2 rings (SSSR count). The Morgan fingerprint density at radius 3 is 2.76 bits per heavy atom. The standard InChI is InChI=1S/C13H13NO3/c1-2-12(15)14-8-13(16)17-9-11(14)10-6-4-3-5-7-10/h2-7,11H,1,8-9H2/t11-/m0/s1. The lowest BCUT2D eigenvalue weighted by Crippen LogP contribution is -2.45. The molecule has 1 aliphatic rings. The third-order valence-electron chi connectivity index (χ3n) is 2.72. The van der Waals surface area contributed by atoms with Gasteiger partial charge in [-0.1, -0.05) is 36.9 Å². The molecule has 1 aliphatic heterocycles. The quantitative estimate of drug-likeness (QED) is 0.569. The molecule has 17 heavy (non-hydrogen) atoms. The highest BCUT2D eigenvalue weighted by Gasteiger charge is 2.31. The van der Waals surface area contributed by atoms with Crippen molar-refractivity contribution < 1.29 is 14.3 Å². The molecular weight excluding hydrogens is 218 g/mol. The topological polar surface area (TPSA) is 46.6 Å². The Kier molecular flexibility index (Phi) is 3.23. The summed E-state index contributed by atoms with van der Waals surface area (Å²) in [6.45, 7) is 3.62. The second-order valence-electron chi connectivity index (χ2n) is 3.78. The van der Waals surface area contributed by atoms with Gasteiger partial charge in [0, 0.05) is 0 Å². The summed E-state index contributed by atoms with van der Waals surface area (Å²) < 4.78 is 5.00. The number of esters is 1. The first-order valence-electron chi connectivity index (χ1n) is 5.36. The summed E-state index contributed by atoms with van der Waals surface area (Å²) in [5.74, 6) is -0.636. The molecule has 0 unspecified atom stereocenters. The van der Waals surface area contributed by atoms with E-state index in [-0.39, 0.29) is 31.1 Å². The third-order valence-corrected chi connectivity index (χ3v) is 2.72. The number of ether oxygens (including phenoxy) is 1. The fourth-order valence-corrected chi connectivity index (χ4v) is 1.86. The molecule has 1 aromatic rings. The number of benzene rings is 1. The fraction of sp³-hybridized carbons (Fsp3) is 0.231. The Labute approximate surface area is 99.5 Å². The van der Waals surface area contributed by atoms with Crippen molar-refractivity contribution in [2.24, 2.45) is 0 Å². The smallest absolute Gasteiger partial charge is 0.325 e. The summed E-state index contributed by atoms with van der Waals surface area (Å²) in [4.78, 5) is 24.4. The van der Waals surface area contributed by atoms with E-state index in [0.717, 1.165) is 5.56 Å². The number of rotatable bonds is 2. The minimum absolute atomic E-state index is 0.0234. The predicted molar refractivity (Wildman–Crippen MR) is 62.1 cm³/mol. The first kappa shape index (κ1) is 11.4. The Hall–Kier alpha value is -2.10. The zero-order chi connectivity index (χ0) is 12.3. The van der Waals surface area contributed by atoms with Crippen LogP contribution in [0.15, 0.2) is 43.0 Å². The van der Waals surface area contributed by atoms with Gasteiger partial charge in [-0.05, 0) is 11.6 Å². The summed E-state index contributed by atoms with van der Waals surface area (Å²) in [6, 6.07) is 9.28. The van der Waals surface area contributed by atoms with Gasteiger partial charge in [-0.15, -0.1) is 0 Å². The van der Waals surface area contributed by atoms with Crippen LogP contribution in [0.1, 0.15) is 11.6 Å². The van der Waals surface area contributed by atoms with Gasteiger partial charge >= 0.3 is 5.97 Å². The Morgan fingerprint density at radius 1 is 1.41 bits per heavy atom. The van der Waals surface area contributed by atoms with E-state index in [1.807, 2.05) is 30.3 Å². The van der Waals surface area contributed by atoms with Crippen LogP contribution in [0.25, 0.3) is 0 Å². The Morgan fingerprint density at radius 2 is 2.12 bits per heavy atom. The maximum atomic E-state index is 11.7. The van der Waals surface area contributed by atoms with Crippen molar-refractivity contribution >= 4 is 11.9 Å². The number of nitrogens with zero attached hydrogens (tertiary/aromatic N) is 1. The summed E-state index contributed by atoms with van der Waals surface area (Å²) in [5.41, 5.74) is 0.954. The lowest BCUT2D eigenvalue weighted by atomic mass is 10.0. The molecule has 0 radical (unpaired) electrons. The minimum atomic E-state index is -0.382. The van der Waals surface area contributed by atoms with Crippen LogP contribution in [-0.2, 0) is 14.3 Å². The number of morpholine rings is 1. The molecule has 4 heteroatoms. The number of carbonyl (C=O) groups is 2. The number of amides is 1. The van der Waals surface area contributed by atoms with Crippen molar-refractivity contribution in [1.29, 1.82) is 0 Å². The summed E-state index contributed by atoms with van der Waals surface area (Å²) in [7, 11) is 0. The van der Waals surface area contributed by atoms with Gasteiger partial charge in [0.25, 0.3) is 0 Å². The van der Waals surface area contributed by atoms with Gasteiger partial charge in [-0.3, -0.25) is 9.59 Å². The number of hydrogen-bond acceptors (Lipinski definition) is 3. The van der Waals surface area contributed by atoms with Crippen LogP contribution < -0.4 is 0 Å². The van der Waals surface area contributed by atoms with Crippen LogP contribution in [-0.4, -0.2) is 29.9 Å². The van der Waals surface area contributed by atoms with Gasteiger partial charge in [-0.2, -0.15) is 0 Å². The molecule has 1 heterocycles. The molecule has 1 aromatic carbocycles. The van der Waals surface area contributed by atoms with Gasteiger partial charge in [-0.25, -0.2) is 0 Å². The van der Waals surface area contributed by atoms with E-state index < -0.39 is 0 Å². The second-order valence-corrected chi connectivity index (χ2v) is 3.78. The maximum Gasteiger partial charge on any atom is 0.325 e. The molecule has 1 amide bonds. The molecule has 0 bridgehead atoms. The molecule has 0 saturated carbocycles. The van der Waals surface area contributed by atoms with E-state index >= 15 is 0 Å². The van der Waals surface area contributed by atoms with E-state index in [9.17, 15) is 9.59 Å². The van der Waals surface area contributed by atoms with Crippen molar-refractivity contribution in [3.05, 3.63) is 48.6 Å². The predicted octanol–water partition coefficient (Wildman–Crippen LogP) is 1.30. The number of hydrogen-bond donors (Lipinski definition) is 0. The third kappa shape index (κ3) is 2.36. The van der Waals surface area contributed by atoms with E-state index in [2.05, 4.69) is 6.58 Å². The molecule has 1 saturated heterocycles. The molecule has 0 N–H and O–H groups in total. The number of cyclic esters (lactones) is 1. The monoisotopic (exact) mass is 231 g/mol. The Balaban J connectivity index is 2.27. The number of carbonyl (C=O) groups excluding carboxylic acids is 2. The van der Waals surface area contributed by atoms with Crippen LogP contribution in [0.3, 0.4) is 0 Å². The van der Waals surface area contributed by atoms with Crippen LogP contribution in [0.4, 0.5) is 0 Å². The highest BCUT2D eigenvalue weighted by Crippen LogP contribution is 2.24. The van der Waals surface area contributed by atoms with Gasteiger partial charge in [0.15, 0.2) is 0 Å². The zero-order valence-electron chi connectivity index (χ0n) is 9.33. The van der Waals surface area contributed by atoms with E-state index in [0.29, 0.717) is 0 Å². The molecule has 0 aliphatic carbocycles. The molecule has 4 nitrogen and oxygen atoms in total. The fourth-order valence-electron chi connectivity index (χ4n) is 1.86. The van der Waals surface area contributed by atoms with E-state index in [1.54, 1.807) is 0 Å². The largest absolute Gasteiger partial charge is 0.462 e. The molecule has 88 valence electrons. The van der Waals surface area contributed by atoms with Crippen LogP contribution in [0.5, 0.6) is 0 Å². The molecular formula is C13H13NO3. The molecule has 1 atom stereocenters. The van der Waals surface area contributed by atoms with Crippen molar-refractivity contribution in [1.82, 2.24) is 4.90 Å². The first-order chi connectivity index (χ1) is 8.22. The second kappa shape index (κ2) is 4.82. The average molecular weight is 231 g/mol. The lowest BCUT2D eigenvalue weighted by Gasteiger charge is -2.34. The highest BCUT2D eigenvalue weighted by molar-refractivity contribution is 5.90. The minimum Gasteiger partial charge on any atom is -0.462 e. The zero-order valence-corrected chi connectivity index (χ0v) is 9.33. The molecule has 0 spiro atoms. The van der Waals surface area contributed by atoms with Gasteiger partial charge in [0.2, 0.25) is 5.91 Å². The van der Waals surface area contributed by atoms with Crippen molar-refractivity contribution in [3.63, 3.8) is 0 Å². The maximum absolute atomic E-state index is 11.7. The van der Waals surface area contributed by atoms with Gasteiger partial charge < -0.3 is 9.64 Å². The van der Waals surface area contributed by atoms with Gasteiger partial charge in [0.05, 0.1) is 6.04 Å². The average Bonchev–Trinajstić information content (AvgIpc) is 2.38. The first-order valence-corrected chi connectivity index (χ1v) is 5.36. The van der Waals surface area contributed by atoms with E-state index in [4.69, 9.17) is 4.74 Å². The molecule has 0 aromatic heterocycles. The summed E-state index contributed by atoms with van der Waals surface area (Å²) in [6.07, 6.45) is 1.22. The molecule has 1 fully saturated rings. The van der Waals surface area contributed by atoms with Crippen molar-refractivity contribution in [2.75, 3.05) is 13.2 Å². The highest BCUT2D eigenvalue weighted by atomic mass is 16.5. The van der Waals surface area contributed by atoms with Crippen molar-refractivity contribution in [2.45, 2.75) is 6.04 Å². The SMILES string of the molecule is C=CC(=O)N1CC(=O)OC[C@H]1c1ccccc1. The van der Waals surface area contributed by atoms with Crippen molar-refractivity contribution in [3.8, 4) is 0 Å². The van der Waals surface area contributed by atoms with E-state index in [1.165, 1.54) is 11.0 Å². The van der Waals surface area contributed by atoms with Gasteiger partial charge in [0.1, 0.15) is 13.2 Å². The summed E-state index contributed by atoms with van der Waals surface area (Å²) >= 11 is 0. The van der Waals surface area contributed by atoms with Crippen LogP contribution >= 0.6 is 0 Å². The Bertz CT molecular complexity index is 441. The normalized spacial score (nSPS) is 19.6. The summed E-state index contributed by atoms with van der Waals surface area (Å²) in [5, 5.41) is 0.